The zero-order valence-corrected chi connectivity index (χ0v) is 19.0. The average Bonchev–Trinajstić information content (AvgIpc) is 2.81. The fourth-order valence-corrected chi connectivity index (χ4v) is 2.75. The summed E-state index contributed by atoms with van der Waals surface area (Å²) in [5, 5.41) is 0. The topological polar surface area (TPSA) is 18.0 Å². The van der Waals surface area contributed by atoms with E-state index in [1.165, 1.54) is 16.8 Å². The van der Waals surface area contributed by atoms with Crippen molar-refractivity contribution in [1.82, 2.24) is 0 Å². The Morgan fingerprint density at radius 3 is 1.36 bits per heavy atom. The van der Waals surface area contributed by atoms with Crippen LogP contribution in [0.4, 0.5) is 34.5 Å². The third-order valence-electron chi connectivity index (χ3n) is 4.07. The van der Waals surface area contributed by atoms with Crippen LogP contribution in [-0.4, -0.2) is 14.5 Å². The van der Waals surface area contributed by atoms with Crippen molar-refractivity contribution in [1.29, 1.82) is 0 Å². The highest BCUT2D eigenvalue weighted by atomic mass is 19.5. The number of pyridine rings is 2. The summed E-state index contributed by atoms with van der Waals surface area (Å²) in [5.74, 6) is 0. The van der Waals surface area contributed by atoms with E-state index in [9.17, 15) is 34.5 Å². The van der Waals surface area contributed by atoms with Crippen LogP contribution in [0, 0.1) is 0 Å². The van der Waals surface area contributed by atoms with Gasteiger partial charge in [-0.05, 0) is 5.56 Å². The molecule has 4 rings (SSSR count). The van der Waals surface area contributed by atoms with Gasteiger partial charge in [0.1, 0.15) is 0 Å². The summed E-state index contributed by atoms with van der Waals surface area (Å²) >= 11 is 0. The van der Waals surface area contributed by atoms with Crippen molar-refractivity contribution < 1.29 is 44.1 Å². The van der Waals surface area contributed by atoms with Gasteiger partial charge < -0.3 is 34.5 Å². The number of aromatic amines is 1. The standard InChI is InChI=1S/C19H18N.C5H5N.2BF4/c1-3-9-17(10-4-1)15-19-13-7-8-14-20(19)16-18-11-5-2-6-12-18;1-2-4-6-5-3-1;2*2-1(3,4)5/h1-14H,15-16H2;1-5H;;/q+1;;2*-1/p+1. The highest BCUT2D eigenvalue weighted by Crippen LogP contribution is 2.08. The number of aromatic nitrogens is 2. The summed E-state index contributed by atoms with van der Waals surface area (Å²) < 4.78 is 80.3. The van der Waals surface area contributed by atoms with Crippen LogP contribution in [0.15, 0.2) is 116 Å². The van der Waals surface area contributed by atoms with Gasteiger partial charge in [-0.25, -0.2) is 4.98 Å². The fraction of sp³-hybridized carbons (Fsp3) is 0.0833. The molecule has 0 radical (unpaired) electrons. The molecule has 0 aliphatic rings. The molecule has 0 fully saturated rings. The van der Waals surface area contributed by atoms with E-state index < -0.39 is 14.5 Å². The molecule has 12 heteroatoms. The smallest absolute Gasteiger partial charge is 0.418 e. The summed E-state index contributed by atoms with van der Waals surface area (Å²) in [7, 11) is -12.0. The van der Waals surface area contributed by atoms with Crippen molar-refractivity contribution in [2.75, 3.05) is 0 Å². The second-order valence-electron chi connectivity index (χ2n) is 7.03. The number of H-pyrrole nitrogens is 1. The van der Waals surface area contributed by atoms with E-state index in [-0.39, 0.29) is 0 Å². The number of nitrogens with one attached hydrogen (secondary N) is 1. The summed E-state index contributed by atoms with van der Waals surface area (Å²) in [5.41, 5.74) is 4.01. The monoisotopic (exact) mass is 514 g/mol. The zero-order chi connectivity index (χ0) is 26.9. The van der Waals surface area contributed by atoms with Crippen molar-refractivity contribution in [3.63, 3.8) is 0 Å². The first-order valence-corrected chi connectivity index (χ1v) is 10.6. The molecule has 1 N–H and O–H groups in total. The van der Waals surface area contributed by atoms with Crippen LogP contribution >= 0.6 is 0 Å². The van der Waals surface area contributed by atoms with Gasteiger partial charge in [0.15, 0.2) is 30.8 Å². The van der Waals surface area contributed by atoms with Gasteiger partial charge in [-0.2, -0.15) is 4.57 Å². The second kappa shape index (κ2) is 16.1. The first kappa shape index (κ1) is 30.3. The Kier molecular flexibility index (Phi) is 13.5. The van der Waals surface area contributed by atoms with E-state index in [0.29, 0.717) is 0 Å². The van der Waals surface area contributed by atoms with E-state index in [1.54, 1.807) is 0 Å². The molecule has 0 aliphatic heterocycles. The minimum Gasteiger partial charge on any atom is -0.418 e. The van der Waals surface area contributed by atoms with Gasteiger partial charge in [-0.1, -0.05) is 72.8 Å². The van der Waals surface area contributed by atoms with Gasteiger partial charge in [0.2, 0.25) is 0 Å². The van der Waals surface area contributed by atoms with E-state index >= 15 is 0 Å². The lowest BCUT2D eigenvalue weighted by Crippen LogP contribution is -2.38. The number of hydrogen-bond donors (Lipinski definition) is 0. The maximum atomic E-state index is 9.75. The van der Waals surface area contributed by atoms with Gasteiger partial charge in [-0.15, -0.1) is 0 Å². The molecule has 0 atom stereocenters. The van der Waals surface area contributed by atoms with E-state index in [0.717, 1.165) is 13.0 Å². The van der Waals surface area contributed by atoms with Gasteiger partial charge in [0.25, 0.3) is 0 Å². The van der Waals surface area contributed by atoms with Crippen LogP contribution in [0.3, 0.4) is 0 Å². The van der Waals surface area contributed by atoms with E-state index in [1.807, 2.05) is 30.6 Å². The molecule has 0 spiro atoms. The Hall–Kier alpha value is -3.69. The summed E-state index contributed by atoms with van der Waals surface area (Å²) in [6.07, 6.45) is 6.87. The maximum Gasteiger partial charge on any atom is 0.673 e. The van der Waals surface area contributed by atoms with Crippen molar-refractivity contribution >= 4 is 14.5 Å². The average molecular weight is 514 g/mol. The molecule has 2 aromatic heterocycles. The molecule has 0 aliphatic carbocycles. The normalized spacial score (nSPS) is 10.4. The van der Waals surface area contributed by atoms with Crippen LogP contribution in [0.1, 0.15) is 16.8 Å². The van der Waals surface area contributed by atoms with Gasteiger partial charge >= 0.3 is 14.5 Å². The summed E-state index contributed by atoms with van der Waals surface area (Å²) in [6.45, 7) is 0.920. The molecule has 2 aromatic carbocycles. The summed E-state index contributed by atoms with van der Waals surface area (Å²) in [6, 6.07) is 33.5. The Balaban J connectivity index is 0.000000330. The van der Waals surface area contributed by atoms with Crippen LogP contribution in [0.5, 0.6) is 0 Å². The Morgan fingerprint density at radius 1 is 0.528 bits per heavy atom. The highest BCUT2D eigenvalue weighted by Gasteiger charge is 2.21. The van der Waals surface area contributed by atoms with Crippen molar-refractivity contribution in [2.45, 2.75) is 13.0 Å². The minimum absolute atomic E-state index is 0.920. The number of benzene rings is 2. The van der Waals surface area contributed by atoms with E-state index in [4.69, 9.17) is 0 Å². The first-order chi connectivity index (χ1) is 16.9. The lowest BCUT2D eigenvalue weighted by molar-refractivity contribution is -0.695. The van der Waals surface area contributed by atoms with Crippen LogP contribution in [-0.2, 0) is 13.0 Å². The minimum atomic E-state index is -6.00. The molecule has 0 saturated carbocycles. The fourth-order valence-electron chi connectivity index (χ4n) is 2.75. The third-order valence-corrected chi connectivity index (χ3v) is 4.07. The third kappa shape index (κ3) is 18.7. The molecule has 2 heterocycles. The largest absolute Gasteiger partial charge is 0.673 e. The lowest BCUT2D eigenvalue weighted by Gasteiger charge is -2.04. The molecule has 0 bridgehead atoms. The SMILES string of the molecule is F[B-](F)(F)F.F[B-](F)(F)F.c1cc[nH+]cc1.c1ccc(Cc2cccc[n+]2Cc2ccccc2)cc1. The molecule has 2 nitrogen and oxygen atoms in total. The van der Waals surface area contributed by atoms with E-state index in [2.05, 4.69) is 94.6 Å². The molecule has 192 valence electrons. The Bertz CT molecular complexity index is 971. The number of hydrogen-bond acceptors (Lipinski definition) is 0. The van der Waals surface area contributed by atoms with Crippen molar-refractivity contribution in [2.24, 2.45) is 0 Å². The zero-order valence-electron chi connectivity index (χ0n) is 19.0. The summed E-state index contributed by atoms with van der Waals surface area (Å²) in [4.78, 5) is 2.89. The Labute approximate surface area is 204 Å². The molecular weight excluding hydrogens is 490 g/mol. The van der Waals surface area contributed by atoms with Crippen LogP contribution in [0.25, 0.3) is 0 Å². The molecule has 0 unspecified atom stereocenters. The van der Waals surface area contributed by atoms with Crippen molar-refractivity contribution in [3.8, 4) is 0 Å². The number of rotatable bonds is 4. The molecular formula is C24H24B2F8N2. The molecule has 0 saturated heterocycles. The number of nitrogens with zero attached hydrogens (tertiary/aromatic N) is 1. The first-order valence-electron chi connectivity index (χ1n) is 10.6. The Morgan fingerprint density at radius 2 is 0.944 bits per heavy atom. The van der Waals surface area contributed by atoms with Crippen LogP contribution in [0.2, 0.25) is 0 Å². The quantitative estimate of drug-likeness (QED) is 0.164. The number of halogens is 8. The van der Waals surface area contributed by atoms with Crippen molar-refractivity contribution in [3.05, 3.63) is 132 Å². The molecule has 4 aromatic rings. The predicted molar refractivity (Wildman–Crippen MR) is 125 cm³/mol. The highest BCUT2D eigenvalue weighted by molar-refractivity contribution is 6.50. The predicted octanol–water partition coefficient (Wildman–Crippen LogP) is 6.71. The van der Waals surface area contributed by atoms with Gasteiger partial charge in [0.05, 0.1) is 6.42 Å². The van der Waals surface area contributed by atoms with Gasteiger partial charge in [0, 0.05) is 29.8 Å². The second-order valence-corrected chi connectivity index (χ2v) is 7.03. The lowest BCUT2D eigenvalue weighted by atomic mass is 10.1. The molecule has 0 amide bonds. The molecule has 36 heavy (non-hydrogen) atoms. The maximum absolute atomic E-state index is 9.75. The van der Waals surface area contributed by atoms with Crippen LogP contribution < -0.4 is 9.55 Å². The van der Waals surface area contributed by atoms with Gasteiger partial charge in [-0.3, -0.25) is 0 Å².